The summed E-state index contributed by atoms with van der Waals surface area (Å²) in [5.74, 6) is -0.0838. The molecule has 0 radical (unpaired) electrons. The van der Waals surface area contributed by atoms with Gasteiger partial charge in [-0.25, -0.2) is 8.42 Å². The standard InChI is InChI=1S/C22H23BrN2O5S/c1-30-18-6-4-17(5-7-18)24-20(26)9-11-31(28,29)19-13-16(23)12-15-8-10-25(21(15)19)22(27)14-2-3-14/h4-7,12-14H,2-3,8-11H2,1H3,(H,24,26). The van der Waals surface area contributed by atoms with Crippen LogP contribution in [0.15, 0.2) is 45.8 Å². The number of carbonyl (C=O) groups excluding carboxylic acids is 2. The van der Waals surface area contributed by atoms with Crippen molar-refractivity contribution in [2.24, 2.45) is 5.92 Å². The molecule has 0 bridgehead atoms. The number of amides is 2. The Morgan fingerprint density at radius 1 is 1.19 bits per heavy atom. The molecule has 0 atom stereocenters. The van der Waals surface area contributed by atoms with Crippen molar-refractivity contribution in [3.63, 3.8) is 0 Å². The maximum absolute atomic E-state index is 13.2. The summed E-state index contributed by atoms with van der Waals surface area (Å²) < 4.78 is 32.1. The van der Waals surface area contributed by atoms with Crippen molar-refractivity contribution in [2.75, 3.05) is 29.6 Å². The number of methoxy groups -OCH3 is 1. The second-order valence-corrected chi connectivity index (χ2v) is 10.8. The lowest BCUT2D eigenvalue weighted by Crippen LogP contribution is -2.31. The van der Waals surface area contributed by atoms with Gasteiger partial charge in [0.15, 0.2) is 9.84 Å². The molecule has 2 aromatic rings. The molecule has 164 valence electrons. The second-order valence-electron chi connectivity index (χ2n) is 7.77. The molecular formula is C22H23BrN2O5S. The molecule has 2 amide bonds. The number of ether oxygens (including phenoxy) is 1. The van der Waals surface area contributed by atoms with Gasteiger partial charge < -0.3 is 15.0 Å². The van der Waals surface area contributed by atoms with E-state index in [0.29, 0.717) is 34.6 Å². The summed E-state index contributed by atoms with van der Waals surface area (Å²) in [7, 11) is -2.23. The van der Waals surface area contributed by atoms with Crippen molar-refractivity contribution < 1.29 is 22.7 Å². The number of fused-ring (bicyclic) bond motifs is 1. The maximum atomic E-state index is 13.2. The fourth-order valence-corrected chi connectivity index (χ4v) is 5.89. The molecule has 1 aliphatic heterocycles. The van der Waals surface area contributed by atoms with Crippen molar-refractivity contribution in [3.05, 3.63) is 46.4 Å². The Labute approximate surface area is 189 Å². The third-order valence-electron chi connectivity index (χ3n) is 5.49. The molecule has 0 aromatic heterocycles. The van der Waals surface area contributed by atoms with Crippen LogP contribution >= 0.6 is 15.9 Å². The average molecular weight is 507 g/mol. The van der Waals surface area contributed by atoms with E-state index in [-0.39, 0.29) is 28.9 Å². The van der Waals surface area contributed by atoms with Gasteiger partial charge >= 0.3 is 0 Å². The van der Waals surface area contributed by atoms with Gasteiger partial charge in [-0.15, -0.1) is 0 Å². The van der Waals surface area contributed by atoms with Gasteiger partial charge in [0.25, 0.3) is 0 Å². The highest BCUT2D eigenvalue weighted by molar-refractivity contribution is 9.10. The van der Waals surface area contributed by atoms with Crippen LogP contribution < -0.4 is 15.0 Å². The number of carbonyl (C=O) groups is 2. The molecule has 1 fully saturated rings. The van der Waals surface area contributed by atoms with Gasteiger partial charge in [0.2, 0.25) is 11.8 Å². The number of anilines is 2. The van der Waals surface area contributed by atoms with Crippen molar-refractivity contribution in [1.29, 1.82) is 0 Å². The van der Waals surface area contributed by atoms with E-state index in [2.05, 4.69) is 21.2 Å². The number of sulfone groups is 1. The highest BCUT2D eigenvalue weighted by atomic mass is 79.9. The zero-order valence-electron chi connectivity index (χ0n) is 17.1. The molecular weight excluding hydrogens is 484 g/mol. The van der Waals surface area contributed by atoms with E-state index in [1.165, 1.54) is 6.07 Å². The lowest BCUT2D eigenvalue weighted by molar-refractivity contribution is -0.119. The average Bonchev–Trinajstić information content (AvgIpc) is 3.51. The first-order chi connectivity index (χ1) is 14.8. The second kappa shape index (κ2) is 8.63. The van der Waals surface area contributed by atoms with Crippen LogP contribution in [0.5, 0.6) is 5.75 Å². The highest BCUT2D eigenvalue weighted by Gasteiger charge is 2.39. The zero-order valence-corrected chi connectivity index (χ0v) is 19.5. The number of nitrogens with one attached hydrogen (secondary N) is 1. The van der Waals surface area contributed by atoms with E-state index in [1.807, 2.05) is 6.07 Å². The quantitative estimate of drug-likeness (QED) is 0.619. The smallest absolute Gasteiger partial charge is 0.230 e. The van der Waals surface area contributed by atoms with Crippen molar-refractivity contribution in [3.8, 4) is 5.75 Å². The van der Waals surface area contributed by atoms with Gasteiger partial charge in [0.1, 0.15) is 5.75 Å². The fourth-order valence-electron chi connectivity index (χ4n) is 3.71. The van der Waals surface area contributed by atoms with Crippen molar-refractivity contribution in [1.82, 2.24) is 0 Å². The van der Waals surface area contributed by atoms with Gasteiger partial charge in [0, 0.05) is 29.0 Å². The van der Waals surface area contributed by atoms with Gasteiger partial charge in [-0.3, -0.25) is 9.59 Å². The summed E-state index contributed by atoms with van der Waals surface area (Å²) in [5, 5.41) is 2.70. The number of benzene rings is 2. The van der Waals surface area contributed by atoms with Gasteiger partial charge in [0.05, 0.1) is 23.4 Å². The summed E-state index contributed by atoms with van der Waals surface area (Å²) in [5.41, 5.74) is 1.88. The molecule has 0 spiro atoms. The number of hydrogen-bond donors (Lipinski definition) is 1. The Morgan fingerprint density at radius 2 is 1.90 bits per heavy atom. The van der Waals surface area contributed by atoms with Gasteiger partial charge in [-0.1, -0.05) is 15.9 Å². The predicted octanol–water partition coefficient (Wildman–Crippen LogP) is 3.56. The lowest BCUT2D eigenvalue weighted by Gasteiger charge is -2.20. The molecule has 1 N–H and O–H groups in total. The molecule has 9 heteroatoms. The van der Waals surface area contributed by atoms with Crippen LogP contribution in [0, 0.1) is 5.92 Å². The van der Waals surface area contributed by atoms with Crippen molar-refractivity contribution >= 4 is 49.0 Å². The minimum absolute atomic E-state index is 0.000394. The minimum atomic E-state index is -3.78. The monoisotopic (exact) mass is 506 g/mol. The fraction of sp³-hybridized carbons (Fsp3) is 0.364. The minimum Gasteiger partial charge on any atom is -0.497 e. The highest BCUT2D eigenvalue weighted by Crippen LogP contribution is 2.41. The van der Waals surface area contributed by atoms with Crippen LogP contribution in [0.25, 0.3) is 0 Å². The Morgan fingerprint density at radius 3 is 2.55 bits per heavy atom. The lowest BCUT2D eigenvalue weighted by atomic mass is 10.2. The third-order valence-corrected chi connectivity index (χ3v) is 7.67. The van der Waals surface area contributed by atoms with Crippen molar-refractivity contribution in [2.45, 2.75) is 30.6 Å². The van der Waals surface area contributed by atoms with E-state index in [0.717, 1.165) is 18.4 Å². The number of rotatable bonds is 7. The first kappa shape index (κ1) is 21.8. The van der Waals surface area contributed by atoms with Gasteiger partial charge in [-0.05, 0) is 61.2 Å². The zero-order chi connectivity index (χ0) is 22.2. The van der Waals surface area contributed by atoms with Crippen LogP contribution in [0.2, 0.25) is 0 Å². The van der Waals surface area contributed by atoms with Crippen LogP contribution in [0.3, 0.4) is 0 Å². The molecule has 0 saturated heterocycles. The first-order valence-corrected chi connectivity index (χ1v) is 12.5. The summed E-state index contributed by atoms with van der Waals surface area (Å²) in [4.78, 5) is 26.8. The Hall–Kier alpha value is -2.39. The topological polar surface area (TPSA) is 92.8 Å². The third kappa shape index (κ3) is 4.77. The molecule has 1 heterocycles. The summed E-state index contributed by atoms with van der Waals surface area (Å²) in [6, 6.07) is 10.2. The molecule has 0 unspecified atom stereocenters. The molecule has 7 nitrogen and oxygen atoms in total. The van der Waals surface area contributed by atoms with E-state index >= 15 is 0 Å². The number of nitrogens with zero attached hydrogens (tertiary/aromatic N) is 1. The Kier molecular flexibility index (Phi) is 6.07. The number of hydrogen-bond acceptors (Lipinski definition) is 5. The van der Waals surface area contributed by atoms with Crippen LogP contribution in [-0.2, 0) is 25.8 Å². The Balaban J connectivity index is 1.50. The molecule has 4 rings (SSSR count). The summed E-state index contributed by atoms with van der Waals surface area (Å²) in [6.07, 6.45) is 2.14. The SMILES string of the molecule is COc1ccc(NC(=O)CCS(=O)(=O)c2cc(Br)cc3c2N(C(=O)C2CC2)CC3)cc1. The summed E-state index contributed by atoms with van der Waals surface area (Å²) in [6.45, 7) is 0.488. The van der Waals surface area contributed by atoms with Gasteiger partial charge in [-0.2, -0.15) is 0 Å². The van der Waals surface area contributed by atoms with Crippen LogP contribution in [0.4, 0.5) is 11.4 Å². The van der Waals surface area contributed by atoms with E-state index < -0.39 is 15.7 Å². The van der Waals surface area contributed by atoms with E-state index in [4.69, 9.17) is 4.74 Å². The molecule has 2 aliphatic rings. The molecule has 1 saturated carbocycles. The summed E-state index contributed by atoms with van der Waals surface area (Å²) >= 11 is 3.39. The Bertz CT molecular complexity index is 1130. The molecule has 1 aliphatic carbocycles. The predicted molar refractivity (Wildman–Crippen MR) is 121 cm³/mol. The first-order valence-electron chi connectivity index (χ1n) is 10.1. The maximum Gasteiger partial charge on any atom is 0.230 e. The molecule has 31 heavy (non-hydrogen) atoms. The normalized spacial score (nSPS) is 15.5. The largest absolute Gasteiger partial charge is 0.497 e. The molecule has 2 aromatic carbocycles. The van der Waals surface area contributed by atoms with E-state index in [1.54, 1.807) is 36.3 Å². The number of halogens is 1. The van der Waals surface area contributed by atoms with Crippen LogP contribution in [0.1, 0.15) is 24.8 Å². The van der Waals surface area contributed by atoms with Crippen LogP contribution in [-0.4, -0.2) is 39.6 Å². The van der Waals surface area contributed by atoms with E-state index in [9.17, 15) is 18.0 Å².